The van der Waals surface area contributed by atoms with Gasteiger partial charge in [0, 0.05) is 7.05 Å². The van der Waals surface area contributed by atoms with Gasteiger partial charge in [-0.05, 0) is 0 Å². The quantitative estimate of drug-likeness (QED) is 0.361. The second-order valence-corrected chi connectivity index (χ2v) is 1.75. The smallest absolute Gasteiger partial charge is 1.00 e. The van der Waals surface area contributed by atoms with Crippen molar-refractivity contribution >= 4 is 11.9 Å². The first-order valence-corrected chi connectivity index (χ1v) is 2.29. The molecule has 1 amide bonds. The van der Waals surface area contributed by atoms with Gasteiger partial charge in [-0.15, -0.1) is 0 Å². The van der Waals surface area contributed by atoms with Crippen molar-refractivity contribution in [2.24, 2.45) is 0 Å². The Bertz CT molecular complexity index is 159. The van der Waals surface area contributed by atoms with Crippen LogP contribution in [0.15, 0.2) is 0 Å². The van der Waals surface area contributed by atoms with Gasteiger partial charge in [0.05, 0.1) is 6.54 Å². The zero-order valence-electron chi connectivity index (χ0n) is 8.56. The van der Waals surface area contributed by atoms with Crippen LogP contribution >= 0.6 is 0 Å². The third-order valence-corrected chi connectivity index (χ3v) is 1.02. The Balaban J connectivity index is -0.0000000800. The number of nitrogens with one attached hydrogen (secondary N) is 2. The largest absolute Gasteiger partial charge is 1.00 e. The molecule has 0 saturated carbocycles. The molecule has 1 saturated heterocycles. The number of hydrogen-bond acceptors (Lipinski definition) is 2. The molecule has 0 aliphatic carbocycles. The van der Waals surface area contributed by atoms with Gasteiger partial charge in [0.1, 0.15) is 0 Å². The Morgan fingerprint density at radius 3 is 2.40 bits per heavy atom. The number of guanidine groups is 1. The molecular weight excluding hydrogens is 168 g/mol. The molecule has 48 valence electrons. The maximum Gasteiger partial charge on any atom is 1.00 e. The van der Waals surface area contributed by atoms with Crippen LogP contribution in [-0.4, -0.2) is 30.4 Å². The number of hydrogen-bond donors (Lipinski definition) is 2. The predicted molar refractivity (Wildman–Crippen MR) is 30.7 cm³/mol. The third kappa shape index (κ3) is 3.82. The molecule has 1 rings (SSSR count). The first-order chi connectivity index (χ1) is 3.70. The summed E-state index contributed by atoms with van der Waals surface area (Å²) in [4.78, 5) is 11.9. The summed E-state index contributed by atoms with van der Waals surface area (Å²) in [5.41, 5.74) is 0. The third-order valence-electron chi connectivity index (χ3n) is 1.02. The zero-order chi connectivity index (χ0) is 6.15. The van der Waals surface area contributed by atoms with Crippen molar-refractivity contribution in [3.63, 3.8) is 0 Å². The summed E-state index contributed by atoms with van der Waals surface area (Å²) in [7, 11) is 1.69. The predicted octanol–water partition coefficient (Wildman–Crippen LogP) is -6.78. The van der Waals surface area contributed by atoms with Crippen molar-refractivity contribution in [3.8, 4) is 0 Å². The van der Waals surface area contributed by atoms with E-state index in [4.69, 9.17) is 5.41 Å². The molecule has 6 heteroatoms. The van der Waals surface area contributed by atoms with Gasteiger partial charge in [0.15, 0.2) is 5.96 Å². The summed E-state index contributed by atoms with van der Waals surface area (Å²) >= 11 is 0. The molecule has 1 heterocycles. The molecule has 10 heavy (non-hydrogen) atoms. The molecule has 2 N–H and O–H groups in total. The van der Waals surface area contributed by atoms with Crippen LogP contribution in [0.4, 0.5) is 0 Å². The second-order valence-electron chi connectivity index (χ2n) is 1.75. The van der Waals surface area contributed by atoms with E-state index in [0.29, 0.717) is 6.54 Å². The number of likely N-dealkylation sites (N-methyl/N-ethyl adjacent to an activating group) is 1. The first-order valence-electron chi connectivity index (χ1n) is 2.29. The van der Waals surface area contributed by atoms with Gasteiger partial charge in [-0.3, -0.25) is 15.5 Å². The molecule has 1 aliphatic rings. The molecule has 0 spiro atoms. The van der Waals surface area contributed by atoms with E-state index in [1.807, 2.05) is 0 Å². The van der Waals surface area contributed by atoms with Gasteiger partial charge in [-0.2, -0.15) is 0 Å². The van der Waals surface area contributed by atoms with Crippen LogP contribution in [0.25, 0.3) is 0 Å². The van der Waals surface area contributed by atoms with Gasteiger partial charge in [0.2, 0.25) is 5.91 Å². The van der Waals surface area contributed by atoms with Crippen LogP contribution in [-0.2, 0) is 4.79 Å². The summed E-state index contributed by atoms with van der Waals surface area (Å²) < 4.78 is 0. The van der Waals surface area contributed by atoms with E-state index in [-0.39, 0.29) is 95.7 Å². The van der Waals surface area contributed by atoms with E-state index in [0.717, 1.165) is 0 Å². The van der Waals surface area contributed by atoms with E-state index in [1.165, 1.54) is 0 Å². The minimum atomic E-state index is -0.0995. The maximum absolute atomic E-state index is 10.4. The van der Waals surface area contributed by atoms with Crippen molar-refractivity contribution in [1.82, 2.24) is 10.2 Å². The van der Waals surface area contributed by atoms with Gasteiger partial charge in [-0.25, -0.2) is 0 Å². The molecular formula is C4H9KN3NaO. The summed E-state index contributed by atoms with van der Waals surface area (Å²) in [5.74, 6) is 0.0903. The van der Waals surface area contributed by atoms with Crippen molar-refractivity contribution in [2.45, 2.75) is 0 Å². The zero-order valence-corrected chi connectivity index (χ0v) is 11.7. The van der Waals surface area contributed by atoms with Crippen molar-refractivity contribution in [3.05, 3.63) is 0 Å². The summed E-state index contributed by atoms with van der Waals surface area (Å²) in [6.45, 7) is 0.318. The van der Waals surface area contributed by atoms with Gasteiger partial charge in [-0.1, -0.05) is 0 Å². The van der Waals surface area contributed by atoms with E-state index in [9.17, 15) is 4.79 Å². The number of rotatable bonds is 0. The summed E-state index contributed by atoms with van der Waals surface area (Å²) in [6, 6.07) is 0. The standard InChI is InChI=1S/C4H7N3O.K.Na.2H/c1-7-2-3(8)6-4(7)5;;;;/h2H2,1H3,(H2,5,6,8);;;;/q;2*+1;2*-1. The molecule has 0 aromatic carbocycles. The van der Waals surface area contributed by atoms with Crippen LogP contribution in [0.3, 0.4) is 0 Å². The minimum Gasteiger partial charge on any atom is -1.00 e. The number of carbonyl (C=O) groups is 1. The molecule has 0 radical (unpaired) electrons. The Morgan fingerprint density at radius 2 is 2.30 bits per heavy atom. The Labute approximate surface area is 127 Å². The molecule has 0 aromatic heterocycles. The van der Waals surface area contributed by atoms with E-state index in [2.05, 4.69) is 5.32 Å². The average Bonchev–Trinajstić information content (AvgIpc) is 1.85. The topological polar surface area (TPSA) is 56.2 Å². The fraction of sp³-hybridized carbons (Fsp3) is 0.500. The van der Waals surface area contributed by atoms with Crippen LogP contribution in [0.5, 0.6) is 0 Å². The maximum atomic E-state index is 10.4. The first kappa shape index (κ1) is 14.1. The van der Waals surface area contributed by atoms with Crippen LogP contribution in [0.2, 0.25) is 0 Å². The van der Waals surface area contributed by atoms with Gasteiger partial charge in [0.25, 0.3) is 0 Å². The summed E-state index contributed by atoms with van der Waals surface area (Å²) in [5, 5.41) is 9.32. The second kappa shape index (κ2) is 6.13. The van der Waals surface area contributed by atoms with Gasteiger partial charge >= 0.3 is 80.9 Å². The normalized spacial score (nSPS) is 15.5. The minimum absolute atomic E-state index is 0. The molecule has 0 atom stereocenters. The fourth-order valence-electron chi connectivity index (χ4n) is 0.561. The van der Waals surface area contributed by atoms with Crippen LogP contribution in [0, 0.1) is 5.41 Å². The Hall–Kier alpha value is 1.58. The molecule has 4 nitrogen and oxygen atoms in total. The Morgan fingerprint density at radius 1 is 1.80 bits per heavy atom. The number of carbonyl (C=O) groups excluding carboxylic acids is 1. The SMILES string of the molecule is CN1CC(=O)NC1=N.[H-].[H-].[K+].[Na+]. The van der Waals surface area contributed by atoms with E-state index < -0.39 is 0 Å². The number of nitrogens with zero attached hydrogens (tertiary/aromatic N) is 1. The number of amides is 1. The molecule has 1 aliphatic heterocycles. The van der Waals surface area contributed by atoms with Crippen molar-refractivity contribution in [1.29, 1.82) is 5.41 Å². The fourth-order valence-corrected chi connectivity index (χ4v) is 0.561. The van der Waals surface area contributed by atoms with Crippen molar-refractivity contribution in [2.75, 3.05) is 13.6 Å². The van der Waals surface area contributed by atoms with Gasteiger partial charge < -0.3 is 7.75 Å². The average molecular weight is 177 g/mol. The van der Waals surface area contributed by atoms with E-state index in [1.54, 1.807) is 11.9 Å². The van der Waals surface area contributed by atoms with Crippen LogP contribution in [0.1, 0.15) is 2.85 Å². The van der Waals surface area contributed by atoms with E-state index >= 15 is 0 Å². The Kier molecular flexibility index (Phi) is 8.66. The molecule has 1 fully saturated rings. The monoisotopic (exact) mass is 177 g/mol. The summed E-state index contributed by atoms with van der Waals surface area (Å²) in [6.07, 6.45) is 0. The molecule has 0 aromatic rings. The molecule has 0 unspecified atom stereocenters. The van der Waals surface area contributed by atoms with Crippen molar-refractivity contribution < 1.29 is 88.6 Å². The molecule has 0 bridgehead atoms. The van der Waals surface area contributed by atoms with Crippen LogP contribution < -0.4 is 86.3 Å².